The van der Waals surface area contributed by atoms with E-state index in [9.17, 15) is 0 Å². The number of hydrogen-bond acceptors (Lipinski definition) is 5. The molecular weight excluding hydrogens is 278 g/mol. The summed E-state index contributed by atoms with van der Waals surface area (Å²) in [5, 5.41) is 21.0. The fraction of sp³-hybridized carbons (Fsp3) is 0.562. The van der Waals surface area contributed by atoms with Crippen molar-refractivity contribution in [2.75, 3.05) is 0 Å². The monoisotopic (exact) mass is 301 g/mol. The van der Waals surface area contributed by atoms with E-state index in [-0.39, 0.29) is 6.61 Å². The molecule has 1 fully saturated rings. The second-order valence-corrected chi connectivity index (χ2v) is 5.94. The van der Waals surface area contributed by atoms with Gasteiger partial charge in [-0.05, 0) is 31.4 Å². The van der Waals surface area contributed by atoms with E-state index < -0.39 is 0 Å². The molecule has 0 unspecified atom stereocenters. The third-order valence-electron chi connectivity index (χ3n) is 4.46. The second kappa shape index (κ2) is 6.98. The molecule has 2 aromatic heterocycles. The first-order valence-corrected chi connectivity index (χ1v) is 7.93. The molecule has 0 bridgehead atoms. The Morgan fingerprint density at radius 1 is 1.36 bits per heavy atom. The van der Waals surface area contributed by atoms with Crippen molar-refractivity contribution in [2.24, 2.45) is 0 Å². The molecular formula is C16H23N5O. The molecule has 3 rings (SSSR count). The number of aryl methyl sites for hydroxylation is 1. The van der Waals surface area contributed by atoms with Gasteiger partial charge < -0.3 is 10.4 Å². The van der Waals surface area contributed by atoms with Crippen LogP contribution in [-0.4, -0.2) is 31.1 Å². The van der Waals surface area contributed by atoms with Crippen LogP contribution < -0.4 is 5.32 Å². The van der Waals surface area contributed by atoms with Crippen LogP contribution in [0.2, 0.25) is 0 Å². The molecule has 0 aromatic carbocycles. The van der Waals surface area contributed by atoms with Crippen LogP contribution in [0.15, 0.2) is 24.5 Å². The van der Waals surface area contributed by atoms with E-state index in [4.69, 9.17) is 5.11 Å². The van der Waals surface area contributed by atoms with Crippen molar-refractivity contribution in [2.45, 2.75) is 57.8 Å². The standard InChI is InChI=1S/C16H23N5O/c1-12-13(5-4-8-17-12)9-18-15-6-2-3-7-16(15)21-10-14(11-22)19-20-21/h4-5,8,10,15-16,18,22H,2-3,6-7,9,11H2,1H3/t15-,16+/m0/s1. The predicted octanol–water partition coefficient (Wildman–Crippen LogP) is 1.75. The van der Waals surface area contributed by atoms with Gasteiger partial charge in [0.05, 0.1) is 18.8 Å². The molecule has 0 radical (unpaired) electrons. The number of rotatable bonds is 5. The normalized spacial score (nSPS) is 21.9. The molecule has 1 saturated carbocycles. The van der Waals surface area contributed by atoms with Crippen molar-refractivity contribution in [3.05, 3.63) is 41.5 Å². The molecule has 0 saturated heterocycles. The van der Waals surface area contributed by atoms with Gasteiger partial charge in [-0.2, -0.15) is 0 Å². The quantitative estimate of drug-likeness (QED) is 0.880. The van der Waals surface area contributed by atoms with Gasteiger partial charge in [0, 0.05) is 24.5 Å². The average molecular weight is 301 g/mol. The maximum absolute atomic E-state index is 9.16. The summed E-state index contributed by atoms with van der Waals surface area (Å²) in [4.78, 5) is 4.34. The number of aliphatic hydroxyl groups is 1. The Morgan fingerprint density at radius 2 is 2.23 bits per heavy atom. The van der Waals surface area contributed by atoms with Crippen LogP contribution in [0.4, 0.5) is 0 Å². The molecule has 0 spiro atoms. The fourth-order valence-corrected chi connectivity index (χ4v) is 3.16. The molecule has 1 aliphatic rings. The number of pyridine rings is 1. The topological polar surface area (TPSA) is 75.9 Å². The molecule has 2 atom stereocenters. The zero-order valence-corrected chi connectivity index (χ0v) is 12.9. The van der Waals surface area contributed by atoms with Gasteiger partial charge in [-0.15, -0.1) is 5.10 Å². The van der Waals surface area contributed by atoms with Crippen molar-refractivity contribution in [3.63, 3.8) is 0 Å². The minimum atomic E-state index is -0.0559. The lowest BCUT2D eigenvalue weighted by Gasteiger charge is -2.32. The van der Waals surface area contributed by atoms with Crippen LogP contribution in [0.1, 0.15) is 48.7 Å². The third-order valence-corrected chi connectivity index (χ3v) is 4.46. The number of aliphatic hydroxyl groups excluding tert-OH is 1. The van der Waals surface area contributed by atoms with Crippen LogP contribution in [0.3, 0.4) is 0 Å². The highest BCUT2D eigenvalue weighted by atomic mass is 16.3. The van der Waals surface area contributed by atoms with Gasteiger partial charge in [-0.3, -0.25) is 4.98 Å². The summed E-state index contributed by atoms with van der Waals surface area (Å²) in [7, 11) is 0. The van der Waals surface area contributed by atoms with Gasteiger partial charge in [0.25, 0.3) is 0 Å². The number of nitrogens with zero attached hydrogens (tertiary/aromatic N) is 4. The summed E-state index contributed by atoms with van der Waals surface area (Å²) < 4.78 is 1.92. The molecule has 22 heavy (non-hydrogen) atoms. The first kappa shape index (κ1) is 15.1. The SMILES string of the molecule is Cc1ncccc1CN[C@H]1CCCC[C@H]1n1cc(CO)nn1. The van der Waals surface area contributed by atoms with Crippen LogP contribution in [-0.2, 0) is 13.2 Å². The summed E-state index contributed by atoms with van der Waals surface area (Å²) in [5.41, 5.74) is 2.94. The molecule has 0 amide bonds. The van der Waals surface area contributed by atoms with Crippen molar-refractivity contribution in [3.8, 4) is 0 Å². The molecule has 2 aromatic rings. The Kier molecular flexibility index (Phi) is 4.80. The lowest BCUT2D eigenvalue weighted by Crippen LogP contribution is -2.39. The lowest BCUT2D eigenvalue weighted by atomic mass is 9.90. The van der Waals surface area contributed by atoms with E-state index in [0.29, 0.717) is 17.8 Å². The Labute approximate surface area is 130 Å². The zero-order chi connectivity index (χ0) is 15.4. The van der Waals surface area contributed by atoms with Crippen LogP contribution in [0.25, 0.3) is 0 Å². The zero-order valence-electron chi connectivity index (χ0n) is 12.9. The highest BCUT2D eigenvalue weighted by Crippen LogP contribution is 2.28. The smallest absolute Gasteiger partial charge is 0.108 e. The van der Waals surface area contributed by atoms with E-state index in [2.05, 4.69) is 26.7 Å². The van der Waals surface area contributed by atoms with Crippen molar-refractivity contribution in [1.29, 1.82) is 0 Å². The highest BCUT2D eigenvalue weighted by Gasteiger charge is 2.27. The number of hydrogen-bond donors (Lipinski definition) is 2. The minimum absolute atomic E-state index is 0.0559. The molecule has 6 heteroatoms. The van der Waals surface area contributed by atoms with Gasteiger partial charge in [-0.25, -0.2) is 4.68 Å². The summed E-state index contributed by atoms with van der Waals surface area (Å²) >= 11 is 0. The molecule has 2 heterocycles. The van der Waals surface area contributed by atoms with Crippen LogP contribution in [0.5, 0.6) is 0 Å². The van der Waals surface area contributed by atoms with E-state index in [1.54, 1.807) is 0 Å². The summed E-state index contributed by atoms with van der Waals surface area (Å²) in [6.45, 7) is 2.81. The molecule has 0 aliphatic heterocycles. The van der Waals surface area contributed by atoms with Gasteiger partial charge >= 0.3 is 0 Å². The third kappa shape index (κ3) is 3.34. The molecule has 118 valence electrons. The fourth-order valence-electron chi connectivity index (χ4n) is 3.16. The average Bonchev–Trinajstić information content (AvgIpc) is 3.03. The Hall–Kier alpha value is -1.79. The first-order valence-electron chi connectivity index (χ1n) is 7.93. The summed E-state index contributed by atoms with van der Waals surface area (Å²) in [6.07, 6.45) is 8.37. The van der Waals surface area contributed by atoms with Crippen molar-refractivity contribution >= 4 is 0 Å². The van der Waals surface area contributed by atoms with Gasteiger partial charge in [-0.1, -0.05) is 24.1 Å². The maximum Gasteiger partial charge on any atom is 0.108 e. The number of nitrogens with one attached hydrogen (secondary N) is 1. The Bertz CT molecular complexity index is 612. The van der Waals surface area contributed by atoms with Crippen molar-refractivity contribution < 1.29 is 5.11 Å². The minimum Gasteiger partial charge on any atom is -0.390 e. The van der Waals surface area contributed by atoms with Gasteiger partial charge in [0.1, 0.15) is 5.69 Å². The lowest BCUT2D eigenvalue weighted by molar-refractivity contribution is 0.242. The highest BCUT2D eigenvalue weighted by molar-refractivity contribution is 5.18. The van der Waals surface area contributed by atoms with E-state index >= 15 is 0 Å². The molecule has 2 N–H and O–H groups in total. The molecule has 1 aliphatic carbocycles. The van der Waals surface area contributed by atoms with Gasteiger partial charge in [0.2, 0.25) is 0 Å². The van der Waals surface area contributed by atoms with Crippen LogP contribution >= 0.6 is 0 Å². The number of aromatic nitrogens is 4. The molecule has 6 nitrogen and oxygen atoms in total. The van der Waals surface area contributed by atoms with E-state index in [0.717, 1.165) is 25.1 Å². The van der Waals surface area contributed by atoms with E-state index in [1.165, 1.54) is 18.4 Å². The first-order chi connectivity index (χ1) is 10.8. The van der Waals surface area contributed by atoms with Crippen LogP contribution in [0, 0.1) is 6.92 Å². The van der Waals surface area contributed by atoms with Gasteiger partial charge in [0.15, 0.2) is 0 Å². The second-order valence-electron chi connectivity index (χ2n) is 5.94. The largest absolute Gasteiger partial charge is 0.390 e. The summed E-state index contributed by atoms with van der Waals surface area (Å²) in [5.74, 6) is 0. The Morgan fingerprint density at radius 3 is 3.00 bits per heavy atom. The van der Waals surface area contributed by atoms with E-state index in [1.807, 2.05) is 30.1 Å². The Balaban J connectivity index is 1.68. The predicted molar refractivity (Wildman–Crippen MR) is 83.1 cm³/mol. The van der Waals surface area contributed by atoms with Crippen molar-refractivity contribution in [1.82, 2.24) is 25.3 Å². The maximum atomic E-state index is 9.16. The summed E-state index contributed by atoms with van der Waals surface area (Å²) in [6, 6.07) is 4.78.